The van der Waals surface area contributed by atoms with Crippen LogP contribution in [0.3, 0.4) is 0 Å². The summed E-state index contributed by atoms with van der Waals surface area (Å²) >= 11 is 0. The van der Waals surface area contributed by atoms with Gasteiger partial charge in [-0.25, -0.2) is 0 Å². The Balaban J connectivity index is 1.96. The number of rotatable bonds is 6. The van der Waals surface area contributed by atoms with Gasteiger partial charge in [0.25, 0.3) is 0 Å². The van der Waals surface area contributed by atoms with Crippen molar-refractivity contribution in [3.63, 3.8) is 0 Å². The zero-order chi connectivity index (χ0) is 14.4. The Hall–Kier alpha value is -1.66. The van der Waals surface area contributed by atoms with E-state index in [1.54, 1.807) is 18.2 Å². The number of hydrogen-bond acceptors (Lipinski definition) is 5. The quantitative estimate of drug-likeness (QED) is 0.588. The molecule has 0 atom stereocenters. The Morgan fingerprint density at radius 1 is 1.40 bits per heavy atom. The first-order valence-electron chi connectivity index (χ1n) is 6.82. The zero-order valence-corrected chi connectivity index (χ0v) is 11.7. The molecule has 1 aliphatic rings. The van der Waals surface area contributed by atoms with Gasteiger partial charge in [0, 0.05) is 18.7 Å². The van der Waals surface area contributed by atoms with Gasteiger partial charge in [0.05, 0.1) is 25.2 Å². The Morgan fingerprint density at radius 3 is 2.80 bits per heavy atom. The van der Waals surface area contributed by atoms with Gasteiger partial charge in [0.1, 0.15) is 0 Å². The average Bonchev–Trinajstić information content (AvgIpc) is 2.47. The molecule has 0 saturated carbocycles. The number of nitro groups is 1. The van der Waals surface area contributed by atoms with Gasteiger partial charge in [-0.2, -0.15) is 0 Å². The fourth-order valence-corrected chi connectivity index (χ4v) is 2.46. The van der Waals surface area contributed by atoms with Crippen molar-refractivity contribution in [3.8, 4) is 5.75 Å². The van der Waals surface area contributed by atoms with Gasteiger partial charge in [-0.1, -0.05) is 12.1 Å². The van der Waals surface area contributed by atoms with Crippen LogP contribution in [0.15, 0.2) is 18.2 Å². The SMILES string of the molecule is COc1cccc(CCCN2CCOCC2)c1[N+](=O)[O-]. The van der Waals surface area contributed by atoms with Crippen molar-refractivity contribution in [2.45, 2.75) is 12.8 Å². The van der Waals surface area contributed by atoms with E-state index in [1.807, 2.05) is 0 Å². The first-order valence-corrected chi connectivity index (χ1v) is 6.82. The monoisotopic (exact) mass is 280 g/mol. The second kappa shape index (κ2) is 7.21. The normalized spacial score (nSPS) is 16.1. The molecular weight excluding hydrogens is 260 g/mol. The summed E-state index contributed by atoms with van der Waals surface area (Å²) in [5.41, 5.74) is 0.833. The molecule has 2 rings (SSSR count). The molecule has 1 saturated heterocycles. The van der Waals surface area contributed by atoms with Crippen molar-refractivity contribution in [2.24, 2.45) is 0 Å². The van der Waals surface area contributed by atoms with Crippen LogP contribution in [0.4, 0.5) is 5.69 Å². The van der Waals surface area contributed by atoms with Crippen LogP contribution in [0.25, 0.3) is 0 Å². The molecule has 0 N–H and O–H groups in total. The minimum absolute atomic E-state index is 0.0944. The van der Waals surface area contributed by atoms with E-state index in [0.29, 0.717) is 12.2 Å². The number of nitro benzene ring substituents is 1. The van der Waals surface area contributed by atoms with Crippen LogP contribution < -0.4 is 4.74 Å². The third-order valence-electron chi connectivity index (χ3n) is 3.51. The largest absolute Gasteiger partial charge is 0.490 e. The molecule has 1 aliphatic heterocycles. The molecule has 20 heavy (non-hydrogen) atoms. The van der Waals surface area contributed by atoms with E-state index in [0.717, 1.165) is 44.8 Å². The molecule has 0 bridgehead atoms. The van der Waals surface area contributed by atoms with Crippen LogP contribution in [0.2, 0.25) is 0 Å². The summed E-state index contributed by atoms with van der Waals surface area (Å²) in [6.45, 7) is 4.39. The van der Waals surface area contributed by atoms with Crippen LogP contribution in [-0.2, 0) is 11.2 Å². The first kappa shape index (κ1) is 14.7. The van der Waals surface area contributed by atoms with Crippen LogP contribution >= 0.6 is 0 Å². The van der Waals surface area contributed by atoms with Crippen LogP contribution in [-0.4, -0.2) is 49.8 Å². The number of hydrogen-bond donors (Lipinski definition) is 0. The second-order valence-corrected chi connectivity index (χ2v) is 4.78. The number of nitrogens with zero attached hydrogens (tertiary/aromatic N) is 2. The van der Waals surface area contributed by atoms with E-state index >= 15 is 0 Å². The molecule has 1 heterocycles. The standard InChI is InChI=1S/C14H20N2O4/c1-19-13-6-2-4-12(14(13)16(17)18)5-3-7-15-8-10-20-11-9-15/h2,4,6H,3,5,7-11H2,1H3. The number of aryl methyl sites for hydroxylation is 1. The van der Waals surface area contributed by atoms with Crippen molar-refractivity contribution >= 4 is 5.69 Å². The van der Waals surface area contributed by atoms with E-state index in [9.17, 15) is 10.1 Å². The van der Waals surface area contributed by atoms with Crippen LogP contribution in [0, 0.1) is 10.1 Å². The van der Waals surface area contributed by atoms with E-state index in [4.69, 9.17) is 9.47 Å². The smallest absolute Gasteiger partial charge is 0.314 e. The predicted molar refractivity (Wildman–Crippen MR) is 75.2 cm³/mol. The molecular formula is C14H20N2O4. The van der Waals surface area contributed by atoms with E-state index in [-0.39, 0.29) is 10.6 Å². The van der Waals surface area contributed by atoms with Crippen molar-refractivity contribution < 1.29 is 14.4 Å². The third kappa shape index (κ3) is 3.68. The van der Waals surface area contributed by atoms with Crippen molar-refractivity contribution in [3.05, 3.63) is 33.9 Å². The highest BCUT2D eigenvalue weighted by molar-refractivity contribution is 5.52. The van der Waals surface area contributed by atoms with Gasteiger partial charge in [0.15, 0.2) is 5.75 Å². The van der Waals surface area contributed by atoms with Gasteiger partial charge in [0.2, 0.25) is 0 Å². The molecule has 0 amide bonds. The summed E-state index contributed by atoms with van der Waals surface area (Å²) < 4.78 is 10.4. The average molecular weight is 280 g/mol. The molecule has 0 aliphatic carbocycles. The lowest BCUT2D eigenvalue weighted by molar-refractivity contribution is -0.386. The number of para-hydroxylation sites is 1. The van der Waals surface area contributed by atoms with Crippen LogP contribution in [0.5, 0.6) is 5.75 Å². The lowest BCUT2D eigenvalue weighted by Gasteiger charge is -2.26. The van der Waals surface area contributed by atoms with Gasteiger partial charge < -0.3 is 9.47 Å². The lowest BCUT2D eigenvalue weighted by Crippen LogP contribution is -2.36. The first-order chi connectivity index (χ1) is 9.72. The van der Waals surface area contributed by atoms with E-state index in [1.165, 1.54) is 7.11 Å². The minimum Gasteiger partial charge on any atom is -0.490 e. The number of ether oxygens (including phenoxy) is 2. The predicted octanol–water partition coefficient (Wildman–Crippen LogP) is 1.87. The maximum atomic E-state index is 11.2. The van der Waals surface area contributed by atoms with Crippen LogP contribution in [0.1, 0.15) is 12.0 Å². The molecule has 6 heteroatoms. The lowest BCUT2D eigenvalue weighted by atomic mass is 10.1. The summed E-state index contributed by atoms with van der Waals surface area (Å²) in [4.78, 5) is 13.1. The summed E-state index contributed by atoms with van der Waals surface area (Å²) in [7, 11) is 1.46. The minimum atomic E-state index is -0.358. The number of morpholine rings is 1. The van der Waals surface area contributed by atoms with E-state index < -0.39 is 0 Å². The summed E-state index contributed by atoms with van der Waals surface area (Å²) in [6, 6.07) is 5.24. The molecule has 1 aromatic carbocycles. The molecule has 1 fully saturated rings. The fourth-order valence-electron chi connectivity index (χ4n) is 2.46. The Bertz CT molecular complexity index is 458. The third-order valence-corrected chi connectivity index (χ3v) is 3.51. The Kier molecular flexibility index (Phi) is 5.31. The van der Waals surface area contributed by atoms with Crippen molar-refractivity contribution in [2.75, 3.05) is 40.0 Å². The molecule has 0 unspecified atom stereocenters. The topological polar surface area (TPSA) is 64.8 Å². The molecule has 0 radical (unpaired) electrons. The molecule has 0 spiro atoms. The molecule has 0 aromatic heterocycles. The number of benzene rings is 1. The maximum Gasteiger partial charge on any atom is 0.314 e. The fraction of sp³-hybridized carbons (Fsp3) is 0.571. The maximum absolute atomic E-state index is 11.2. The molecule has 6 nitrogen and oxygen atoms in total. The van der Waals surface area contributed by atoms with Crippen molar-refractivity contribution in [1.82, 2.24) is 4.90 Å². The highest BCUT2D eigenvalue weighted by Crippen LogP contribution is 2.31. The highest BCUT2D eigenvalue weighted by Gasteiger charge is 2.20. The van der Waals surface area contributed by atoms with Gasteiger partial charge in [-0.05, 0) is 25.5 Å². The number of methoxy groups -OCH3 is 1. The summed E-state index contributed by atoms with van der Waals surface area (Å²) in [5.74, 6) is 0.332. The van der Waals surface area contributed by atoms with Crippen molar-refractivity contribution in [1.29, 1.82) is 0 Å². The molecule has 110 valence electrons. The van der Waals surface area contributed by atoms with E-state index in [2.05, 4.69) is 4.90 Å². The second-order valence-electron chi connectivity index (χ2n) is 4.78. The van der Waals surface area contributed by atoms with Gasteiger partial charge in [-0.15, -0.1) is 0 Å². The summed E-state index contributed by atoms with van der Waals surface area (Å²) in [6.07, 6.45) is 1.58. The van der Waals surface area contributed by atoms with Gasteiger partial charge in [-0.3, -0.25) is 15.0 Å². The Labute approximate surface area is 118 Å². The molecule has 1 aromatic rings. The summed E-state index contributed by atoms with van der Waals surface area (Å²) in [5, 5.41) is 11.2. The Morgan fingerprint density at radius 2 is 2.15 bits per heavy atom. The highest BCUT2D eigenvalue weighted by atomic mass is 16.6. The van der Waals surface area contributed by atoms with Gasteiger partial charge >= 0.3 is 5.69 Å². The zero-order valence-electron chi connectivity index (χ0n) is 11.7.